The van der Waals surface area contributed by atoms with E-state index in [0.29, 0.717) is 43.9 Å². The van der Waals surface area contributed by atoms with Crippen LogP contribution in [0.4, 0.5) is 0 Å². The Hall–Kier alpha value is -5.06. The molecule has 5 aromatic rings. The average molecular weight is 648 g/mol. The zero-order chi connectivity index (χ0) is 33.7. The van der Waals surface area contributed by atoms with Crippen LogP contribution in [0, 0.1) is 0 Å². The van der Waals surface area contributed by atoms with Gasteiger partial charge in [-0.3, -0.25) is 14.6 Å². The number of fused-ring (bicyclic) bond motifs is 1. The van der Waals surface area contributed by atoms with Crippen LogP contribution in [0.1, 0.15) is 78.2 Å². The average Bonchev–Trinajstić information content (AvgIpc) is 3.64. The number of H-pyrrole nitrogens is 1. The fraction of sp³-hybridized carbons (Fsp3) is 0.316. The molecule has 1 unspecified atom stereocenters. The van der Waals surface area contributed by atoms with E-state index in [9.17, 15) is 9.59 Å². The number of hydrogen-bond donors (Lipinski definition) is 5. The number of amides is 2. The Morgan fingerprint density at radius 3 is 2.46 bits per heavy atom. The first kappa shape index (κ1) is 34.3. The van der Waals surface area contributed by atoms with Gasteiger partial charge in [0.25, 0.3) is 5.91 Å². The molecule has 250 valence electrons. The number of imidazole rings is 1. The first-order valence-electron chi connectivity index (χ1n) is 16.6. The number of rotatable bonds is 17. The maximum absolute atomic E-state index is 13.9. The van der Waals surface area contributed by atoms with Gasteiger partial charge in [0.15, 0.2) is 0 Å². The minimum atomic E-state index is -0.788. The molecule has 3 aromatic carbocycles. The van der Waals surface area contributed by atoms with Gasteiger partial charge in [-0.2, -0.15) is 0 Å². The summed E-state index contributed by atoms with van der Waals surface area (Å²) in [6, 6.07) is 24.1. The third kappa shape index (κ3) is 9.05. The van der Waals surface area contributed by atoms with E-state index in [1.807, 2.05) is 62.5 Å². The van der Waals surface area contributed by atoms with Crippen LogP contribution in [0.25, 0.3) is 10.8 Å². The summed E-state index contributed by atoms with van der Waals surface area (Å²) in [5.74, 6) is 1.01. The van der Waals surface area contributed by atoms with Crippen LogP contribution >= 0.6 is 0 Å². The molecule has 0 fully saturated rings. The van der Waals surface area contributed by atoms with Crippen molar-refractivity contribution in [1.29, 1.82) is 0 Å². The Labute approximate surface area is 282 Å². The molecule has 0 saturated heterocycles. The minimum Gasteiger partial charge on any atom is -0.492 e. The van der Waals surface area contributed by atoms with Crippen LogP contribution in [0.15, 0.2) is 97.5 Å². The Morgan fingerprint density at radius 1 is 0.875 bits per heavy atom. The van der Waals surface area contributed by atoms with Crippen molar-refractivity contribution in [2.24, 2.45) is 0 Å². The van der Waals surface area contributed by atoms with E-state index < -0.39 is 6.04 Å². The Morgan fingerprint density at radius 2 is 1.69 bits per heavy atom. The predicted octanol–water partition coefficient (Wildman–Crippen LogP) is 5.75. The van der Waals surface area contributed by atoms with E-state index in [1.54, 1.807) is 30.7 Å². The zero-order valence-corrected chi connectivity index (χ0v) is 27.8. The highest BCUT2D eigenvalue weighted by Gasteiger charge is 2.26. The number of hydrogen-bond acceptors (Lipinski definition) is 7. The molecule has 0 aliphatic carbocycles. The lowest BCUT2D eigenvalue weighted by molar-refractivity contribution is -0.123. The molecule has 0 aliphatic heterocycles. The normalized spacial score (nSPS) is 13.1. The lowest BCUT2D eigenvalue weighted by atomic mass is 9.98. The van der Waals surface area contributed by atoms with Crippen molar-refractivity contribution < 1.29 is 14.3 Å². The van der Waals surface area contributed by atoms with Gasteiger partial charge in [-0.25, -0.2) is 4.98 Å². The summed E-state index contributed by atoms with van der Waals surface area (Å²) >= 11 is 0. The van der Waals surface area contributed by atoms with Crippen LogP contribution in [-0.2, 0) is 17.9 Å². The van der Waals surface area contributed by atoms with Gasteiger partial charge < -0.3 is 31.0 Å². The molecule has 2 heterocycles. The lowest BCUT2D eigenvalue weighted by Gasteiger charge is -2.25. The molecule has 0 bridgehead atoms. The van der Waals surface area contributed by atoms with Crippen LogP contribution in [0.5, 0.6) is 5.75 Å². The molecule has 5 rings (SSSR count). The van der Waals surface area contributed by atoms with Crippen molar-refractivity contribution in [3.8, 4) is 5.75 Å². The van der Waals surface area contributed by atoms with E-state index in [-0.39, 0.29) is 23.9 Å². The van der Waals surface area contributed by atoms with Crippen LogP contribution in [0.3, 0.4) is 0 Å². The van der Waals surface area contributed by atoms with Gasteiger partial charge >= 0.3 is 0 Å². The van der Waals surface area contributed by atoms with Crippen molar-refractivity contribution in [3.05, 3.63) is 126 Å². The highest BCUT2D eigenvalue weighted by molar-refractivity contribution is 5.97. The molecule has 2 aromatic heterocycles. The molecular formula is C38H45N7O3. The smallest absolute Gasteiger partial charge is 0.251 e. The van der Waals surface area contributed by atoms with Gasteiger partial charge in [-0.15, -0.1) is 0 Å². The maximum atomic E-state index is 13.9. The van der Waals surface area contributed by atoms with E-state index in [1.165, 1.54) is 0 Å². The van der Waals surface area contributed by atoms with E-state index in [0.717, 1.165) is 39.8 Å². The molecule has 10 nitrogen and oxygen atoms in total. The lowest BCUT2D eigenvalue weighted by Crippen LogP contribution is -2.47. The summed E-state index contributed by atoms with van der Waals surface area (Å²) in [6.45, 7) is 5.86. The fourth-order valence-electron chi connectivity index (χ4n) is 5.77. The highest BCUT2D eigenvalue weighted by atomic mass is 16.5. The quantitative estimate of drug-likeness (QED) is 0.0868. The summed E-state index contributed by atoms with van der Waals surface area (Å²) in [5.41, 5.74) is 3.31. The van der Waals surface area contributed by atoms with Crippen molar-refractivity contribution in [3.63, 3.8) is 0 Å². The SMILES string of the molecule is CCCOc1cccnc1C(CC[C@H](NC(=O)c1ccc(CNCc2ncc[nH]2)cc1)C(=O)N[C@@H](C)c1cccc2ccccc12)NC. The summed E-state index contributed by atoms with van der Waals surface area (Å²) < 4.78 is 5.97. The number of pyridine rings is 1. The monoisotopic (exact) mass is 647 g/mol. The Balaban J connectivity index is 1.30. The van der Waals surface area contributed by atoms with Gasteiger partial charge in [0.1, 0.15) is 17.6 Å². The Bertz CT molecular complexity index is 1750. The molecule has 48 heavy (non-hydrogen) atoms. The highest BCUT2D eigenvalue weighted by Crippen LogP contribution is 2.27. The van der Waals surface area contributed by atoms with E-state index in [2.05, 4.69) is 61.3 Å². The third-order valence-corrected chi connectivity index (χ3v) is 8.35. The van der Waals surface area contributed by atoms with Crippen molar-refractivity contribution >= 4 is 22.6 Å². The molecule has 2 amide bonds. The van der Waals surface area contributed by atoms with Gasteiger partial charge in [0.2, 0.25) is 5.91 Å². The number of aromatic amines is 1. The van der Waals surface area contributed by atoms with Crippen LogP contribution < -0.4 is 26.0 Å². The predicted molar refractivity (Wildman–Crippen MR) is 188 cm³/mol. The van der Waals surface area contributed by atoms with E-state index >= 15 is 0 Å². The summed E-state index contributed by atoms with van der Waals surface area (Å²) in [7, 11) is 1.87. The third-order valence-electron chi connectivity index (χ3n) is 8.35. The Kier molecular flexibility index (Phi) is 12.3. The number of nitrogens with one attached hydrogen (secondary N) is 5. The molecule has 10 heteroatoms. The molecule has 3 atom stereocenters. The first-order valence-corrected chi connectivity index (χ1v) is 16.6. The molecule has 5 N–H and O–H groups in total. The second-order valence-corrected chi connectivity index (χ2v) is 11.8. The minimum absolute atomic E-state index is 0.186. The number of benzene rings is 3. The molecular weight excluding hydrogens is 602 g/mol. The summed E-state index contributed by atoms with van der Waals surface area (Å²) in [4.78, 5) is 39.4. The number of ether oxygens (including phenoxy) is 1. The van der Waals surface area contributed by atoms with Crippen molar-refractivity contribution in [2.75, 3.05) is 13.7 Å². The van der Waals surface area contributed by atoms with Gasteiger partial charge in [0.05, 0.1) is 30.9 Å². The molecule has 0 saturated carbocycles. The second-order valence-electron chi connectivity index (χ2n) is 11.8. The zero-order valence-electron chi connectivity index (χ0n) is 27.8. The standard InChI is InChI=1S/C38H45N7O3/c1-4-23-48-34-13-8-20-43-36(34)32(39-3)18-19-33(38(47)44-26(2)30-12-7-10-28-9-5-6-11-31(28)30)45-37(46)29-16-14-27(15-17-29)24-40-25-35-41-21-22-42-35/h5-17,20-22,26,32-33,39-40H,4,18-19,23-25H2,1-3H3,(H,41,42)(H,44,47)(H,45,46)/t26-,32?,33-/m0/s1. The largest absolute Gasteiger partial charge is 0.492 e. The molecule has 0 radical (unpaired) electrons. The van der Waals surface area contributed by atoms with Gasteiger partial charge in [-0.1, -0.05) is 61.5 Å². The van der Waals surface area contributed by atoms with Gasteiger partial charge in [-0.05, 0) is 79.4 Å². The van der Waals surface area contributed by atoms with Crippen molar-refractivity contribution in [1.82, 2.24) is 36.2 Å². The van der Waals surface area contributed by atoms with Crippen molar-refractivity contribution in [2.45, 2.75) is 64.3 Å². The molecule has 0 aliphatic rings. The number of nitrogens with zero attached hydrogens (tertiary/aromatic N) is 2. The maximum Gasteiger partial charge on any atom is 0.251 e. The first-order chi connectivity index (χ1) is 23.5. The molecule has 0 spiro atoms. The van der Waals surface area contributed by atoms with Gasteiger partial charge in [0, 0.05) is 30.7 Å². The van der Waals surface area contributed by atoms with Crippen LogP contribution in [0.2, 0.25) is 0 Å². The topological polar surface area (TPSA) is 133 Å². The number of carbonyl (C=O) groups excluding carboxylic acids is 2. The number of carbonyl (C=O) groups is 2. The second kappa shape index (κ2) is 17.2. The van der Waals surface area contributed by atoms with Crippen LogP contribution in [-0.4, -0.2) is 46.5 Å². The summed E-state index contributed by atoms with van der Waals surface area (Å²) in [5, 5.41) is 15.1. The van der Waals surface area contributed by atoms with E-state index in [4.69, 9.17) is 4.74 Å². The fourth-order valence-corrected chi connectivity index (χ4v) is 5.77. The number of aromatic nitrogens is 3. The summed E-state index contributed by atoms with van der Waals surface area (Å²) in [6.07, 6.45) is 7.05.